The number of hydrogen-bond donors (Lipinski definition) is 0. The lowest BCUT2D eigenvalue weighted by Gasteiger charge is -2.34. The van der Waals surface area contributed by atoms with E-state index in [0.717, 1.165) is 71.8 Å². The van der Waals surface area contributed by atoms with E-state index in [1.807, 2.05) is 48.5 Å². The van der Waals surface area contributed by atoms with E-state index < -0.39 is 5.41 Å². The largest absolute Gasteiger partial charge is 0.455 e. The van der Waals surface area contributed by atoms with Crippen molar-refractivity contribution in [2.45, 2.75) is 5.41 Å². The number of fused-ring (bicyclic) bond motifs is 8. The smallest absolute Gasteiger partial charge is 0.183 e. The normalized spacial score (nSPS) is 12.8. The van der Waals surface area contributed by atoms with Crippen molar-refractivity contribution in [3.63, 3.8) is 0 Å². The van der Waals surface area contributed by atoms with E-state index >= 15 is 0 Å². The van der Waals surface area contributed by atoms with Gasteiger partial charge in [0.05, 0.1) is 11.1 Å². The molecule has 11 aromatic rings. The molecule has 0 aliphatic heterocycles. The molecule has 1 aliphatic carbocycles. The molecule has 8 aromatic carbocycles. The number of aromatic nitrogens is 4. The number of furan rings is 1. The van der Waals surface area contributed by atoms with Crippen LogP contribution in [0.3, 0.4) is 0 Å². The van der Waals surface area contributed by atoms with Crippen molar-refractivity contribution < 1.29 is 4.42 Å². The van der Waals surface area contributed by atoms with Gasteiger partial charge in [-0.1, -0.05) is 200 Å². The molecule has 0 unspecified atom stereocenters. The predicted molar refractivity (Wildman–Crippen MR) is 241 cm³/mol. The zero-order valence-corrected chi connectivity index (χ0v) is 32.3. The van der Waals surface area contributed by atoms with Crippen molar-refractivity contribution in [3.05, 3.63) is 229 Å². The average Bonchev–Trinajstić information content (AvgIpc) is 3.86. The first-order chi connectivity index (χ1) is 29.8. The lowest BCUT2D eigenvalue weighted by atomic mass is 9.67. The summed E-state index contributed by atoms with van der Waals surface area (Å²) in [6, 6.07) is 72.0. The highest BCUT2D eigenvalue weighted by molar-refractivity contribution is 6.09. The van der Waals surface area contributed by atoms with Gasteiger partial charge in [0.15, 0.2) is 17.5 Å². The topological polar surface area (TPSA) is 64.7 Å². The molecule has 0 spiro atoms. The summed E-state index contributed by atoms with van der Waals surface area (Å²) < 4.78 is 6.39. The summed E-state index contributed by atoms with van der Waals surface area (Å²) in [7, 11) is 0. The van der Waals surface area contributed by atoms with E-state index in [2.05, 4.69) is 158 Å². The van der Waals surface area contributed by atoms with Crippen LogP contribution in [0.2, 0.25) is 0 Å². The summed E-state index contributed by atoms with van der Waals surface area (Å²) >= 11 is 0. The number of nitrogens with zero attached hydrogens (tertiary/aromatic N) is 4. The Morgan fingerprint density at radius 1 is 0.333 bits per heavy atom. The molecule has 0 bridgehead atoms. The minimum absolute atomic E-state index is 0.517. The van der Waals surface area contributed by atoms with Gasteiger partial charge < -0.3 is 4.42 Å². The molecular formula is C55H34N4O. The standard InChI is InChI=1S/C55H34N4O/c1-4-17-36(18-5-1)52-57-53(37-33-31-35(32-34-37)40-27-16-28-44-41-23-13-15-30-47(41)60-51(40)44)59-54(58-52)50-43-25-11-10-24-42(43)48-49(56-50)45-26-12-14-29-46(45)55(48,38-19-6-2-7-20-38)39-21-8-3-9-22-39/h1-34H. The third-order valence-electron chi connectivity index (χ3n) is 12.0. The van der Waals surface area contributed by atoms with E-state index in [-0.39, 0.29) is 0 Å². The Morgan fingerprint density at radius 2 is 0.850 bits per heavy atom. The van der Waals surface area contributed by atoms with Gasteiger partial charge >= 0.3 is 0 Å². The first-order valence-electron chi connectivity index (χ1n) is 20.2. The Hall–Kier alpha value is -8.02. The summed E-state index contributed by atoms with van der Waals surface area (Å²) in [5.41, 5.74) is 12.5. The average molecular weight is 767 g/mol. The number of benzene rings is 8. The fraction of sp³-hybridized carbons (Fsp3) is 0.0182. The Bertz CT molecular complexity index is 3380. The van der Waals surface area contributed by atoms with Crippen LogP contribution < -0.4 is 0 Å². The molecule has 0 saturated heterocycles. The van der Waals surface area contributed by atoms with E-state index in [0.29, 0.717) is 23.2 Å². The van der Waals surface area contributed by atoms with Crippen LogP contribution in [0.1, 0.15) is 22.3 Å². The van der Waals surface area contributed by atoms with Gasteiger partial charge in [0.25, 0.3) is 0 Å². The summed E-state index contributed by atoms with van der Waals surface area (Å²) in [4.78, 5) is 21.2. The van der Waals surface area contributed by atoms with Crippen molar-refractivity contribution in [2.24, 2.45) is 0 Å². The molecule has 0 amide bonds. The number of rotatable bonds is 6. The summed E-state index contributed by atoms with van der Waals surface area (Å²) in [5, 5.41) is 4.29. The summed E-state index contributed by atoms with van der Waals surface area (Å²) in [5.74, 6) is 1.67. The highest BCUT2D eigenvalue weighted by Gasteiger charge is 2.48. The van der Waals surface area contributed by atoms with Crippen LogP contribution >= 0.6 is 0 Å². The maximum absolute atomic E-state index is 6.39. The molecule has 280 valence electrons. The molecule has 1 aliphatic rings. The first kappa shape index (κ1) is 34.1. The van der Waals surface area contributed by atoms with Gasteiger partial charge in [-0.05, 0) is 33.7 Å². The minimum atomic E-state index is -0.604. The van der Waals surface area contributed by atoms with Crippen molar-refractivity contribution in [3.8, 4) is 56.7 Å². The lowest BCUT2D eigenvalue weighted by Crippen LogP contribution is -2.29. The fourth-order valence-electron chi connectivity index (χ4n) is 9.40. The van der Waals surface area contributed by atoms with Gasteiger partial charge in [-0.25, -0.2) is 19.9 Å². The quantitative estimate of drug-likeness (QED) is 0.169. The zero-order valence-electron chi connectivity index (χ0n) is 32.3. The van der Waals surface area contributed by atoms with Crippen LogP contribution in [0, 0.1) is 0 Å². The molecular weight excluding hydrogens is 733 g/mol. The van der Waals surface area contributed by atoms with Crippen molar-refractivity contribution in [1.82, 2.24) is 19.9 Å². The molecule has 3 heterocycles. The maximum Gasteiger partial charge on any atom is 0.183 e. The van der Waals surface area contributed by atoms with E-state index in [9.17, 15) is 0 Å². The van der Waals surface area contributed by atoms with E-state index in [1.165, 1.54) is 16.7 Å². The number of para-hydroxylation sites is 2. The highest BCUT2D eigenvalue weighted by atomic mass is 16.3. The van der Waals surface area contributed by atoms with Crippen LogP contribution in [0.5, 0.6) is 0 Å². The second-order valence-corrected chi connectivity index (χ2v) is 15.3. The van der Waals surface area contributed by atoms with Gasteiger partial charge in [-0.15, -0.1) is 0 Å². The van der Waals surface area contributed by atoms with Crippen LogP contribution in [-0.2, 0) is 5.41 Å². The molecule has 0 atom stereocenters. The predicted octanol–water partition coefficient (Wildman–Crippen LogP) is 13.4. The van der Waals surface area contributed by atoms with E-state index in [4.69, 9.17) is 24.4 Å². The minimum Gasteiger partial charge on any atom is -0.455 e. The van der Waals surface area contributed by atoms with E-state index in [1.54, 1.807) is 0 Å². The third kappa shape index (κ3) is 5.12. The highest BCUT2D eigenvalue weighted by Crippen LogP contribution is 2.58. The lowest BCUT2D eigenvalue weighted by molar-refractivity contribution is 0.670. The van der Waals surface area contributed by atoms with Crippen molar-refractivity contribution >= 4 is 32.7 Å². The van der Waals surface area contributed by atoms with Crippen LogP contribution in [-0.4, -0.2) is 19.9 Å². The second kappa shape index (κ2) is 13.5. The summed E-state index contributed by atoms with van der Waals surface area (Å²) in [6.07, 6.45) is 0. The maximum atomic E-state index is 6.39. The Kier molecular flexibility index (Phi) is 7.69. The monoisotopic (exact) mass is 766 g/mol. The molecule has 3 aromatic heterocycles. The molecule has 0 fully saturated rings. The Morgan fingerprint density at radius 3 is 1.57 bits per heavy atom. The van der Waals surface area contributed by atoms with Crippen LogP contribution in [0.4, 0.5) is 0 Å². The van der Waals surface area contributed by atoms with Crippen molar-refractivity contribution in [1.29, 1.82) is 0 Å². The summed E-state index contributed by atoms with van der Waals surface area (Å²) in [6.45, 7) is 0. The molecule has 0 N–H and O–H groups in total. The third-order valence-corrected chi connectivity index (χ3v) is 12.0. The van der Waals surface area contributed by atoms with Gasteiger partial charge in [-0.3, -0.25) is 0 Å². The second-order valence-electron chi connectivity index (χ2n) is 15.3. The Labute approximate surface area is 346 Å². The van der Waals surface area contributed by atoms with Crippen molar-refractivity contribution in [2.75, 3.05) is 0 Å². The molecule has 5 nitrogen and oxygen atoms in total. The van der Waals surface area contributed by atoms with Crippen LogP contribution in [0.25, 0.3) is 89.4 Å². The molecule has 12 rings (SSSR count). The number of pyridine rings is 1. The van der Waals surface area contributed by atoms with Crippen LogP contribution in [0.15, 0.2) is 211 Å². The Balaban J connectivity index is 1.07. The first-order valence-corrected chi connectivity index (χ1v) is 20.2. The zero-order chi connectivity index (χ0) is 39.6. The fourth-order valence-corrected chi connectivity index (χ4v) is 9.40. The number of hydrogen-bond acceptors (Lipinski definition) is 5. The molecule has 0 saturated carbocycles. The van der Waals surface area contributed by atoms with Gasteiger partial charge in [0, 0.05) is 44.0 Å². The molecule has 0 radical (unpaired) electrons. The van der Waals surface area contributed by atoms with Gasteiger partial charge in [0.2, 0.25) is 0 Å². The molecule has 5 heteroatoms. The van der Waals surface area contributed by atoms with Gasteiger partial charge in [-0.2, -0.15) is 0 Å². The van der Waals surface area contributed by atoms with Gasteiger partial charge in [0.1, 0.15) is 16.9 Å². The SMILES string of the molecule is c1ccc(-c2nc(-c3ccc(-c4cccc5c4oc4ccccc45)cc3)nc(-c3nc4c(c5ccccc35)C(c3ccccc3)(c3ccccc3)c3ccccc3-4)n2)cc1. The molecule has 60 heavy (non-hydrogen) atoms.